The summed E-state index contributed by atoms with van der Waals surface area (Å²) in [6.45, 7) is 3.42. The Morgan fingerprint density at radius 2 is 2.00 bits per heavy atom. The van der Waals surface area contributed by atoms with E-state index in [-0.39, 0.29) is 0 Å². The zero-order chi connectivity index (χ0) is 9.14. The van der Waals surface area contributed by atoms with Crippen LogP contribution in [0.5, 0.6) is 0 Å². The summed E-state index contributed by atoms with van der Waals surface area (Å²) in [5.41, 5.74) is 0.927. The monoisotopic (exact) mass is 166 g/mol. The highest BCUT2D eigenvalue weighted by molar-refractivity contribution is 5.74. The Hall–Kier alpha value is -1.45. The first-order valence-corrected chi connectivity index (χ1v) is 3.62. The fraction of sp³-hybridized carbons (Fsp3) is 0.375. The lowest BCUT2D eigenvalue weighted by atomic mass is 10.2. The van der Waals surface area contributed by atoms with Gasteiger partial charge in [0.05, 0.1) is 0 Å². The quantitative estimate of drug-likeness (QED) is 0.711. The van der Waals surface area contributed by atoms with E-state index in [1.54, 1.807) is 19.3 Å². The molecule has 0 saturated carbocycles. The summed E-state index contributed by atoms with van der Waals surface area (Å²) in [5.74, 6) is -1.18. The van der Waals surface area contributed by atoms with Crippen molar-refractivity contribution in [1.29, 1.82) is 0 Å². The van der Waals surface area contributed by atoms with Gasteiger partial charge in [-0.3, -0.25) is 4.79 Å². The average Bonchev–Trinajstić information content (AvgIpc) is 2.04. The van der Waals surface area contributed by atoms with Gasteiger partial charge in [0.15, 0.2) is 0 Å². The summed E-state index contributed by atoms with van der Waals surface area (Å²) >= 11 is 0. The van der Waals surface area contributed by atoms with Crippen molar-refractivity contribution in [3.05, 3.63) is 23.8 Å². The van der Waals surface area contributed by atoms with Crippen LogP contribution in [0.25, 0.3) is 0 Å². The summed E-state index contributed by atoms with van der Waals surface area (Å²) in [6.07, 6.45) is 3.23. The molecule has 0 aliphatic heterocycles. The van der Waals surface area contributed by atoms with Gasteiger partial charge >= 0.3 is 5.97 Å². The lowest BCUT2D eigenvalue weighted by Gasteiger charge is -2.03. The number of aliphatic carboxylic acids is 1. The molecule has 64 valence electrons. The van der Waals surface area contributed by atoms with Crippen molar-refractivity contribution in [2.24, 2.45) is 0 Å². The topological polar surface area (TPSA) is 63.1 Å². The molecule has 1 atom stereocenters. The summed E-state index contributed by atoms with van der Waals surface area (Å²) in [6, 6.07) is 0. The van der Waals surface area contributed by atoms with E-state index in [0.717, 1.165) is 5.56 Å². The van der Waals surface area contributed by atoms with E-state index in [1.807, 2.05) is 6.92 Å². The minimum absolute atomic E-state index is 0.355. The molecule has 12 heavy (non-hydrogen) atoms. The molecule has 1 heterocycles. The molecule has 1 N–H and O–H groups in total. The van der Waals surface area contributed by atoms with Crippen molar-refractivity contribution in [1.82, 2.24) is 9.97 Å². The lowest BCUT2D eigenvalue weighted by molar-refractivity contribution is -0.138. The van der Waals surface area contributed by atoms with Crippen LogP contribution in [-0.4, -0.2) is 21.0 Å². The van der Waals surface area contributed by atoms with Crippen LogP contribution in [0.1, 0.15) is 24.2 Å². The van der Waals surface area contributed by atoms with Crippen LogP contribution in [0, 0.1) is 6.92 Å². The maximum absolute atomic E-state index is 10.5. The van der Waals surface area contributed by atoms with Crippen molar-refractivity contribution in [2.45, 2.75) is 19.8 Å². The van der Waals surface area contributed by atoms with Gasteiger partial charge in [0, 0.05) is 12.4 Å². The molecule has 4 nitrogen and oxygen atoms in total. The molecule has 0 amide bonds. The van der Waals surface area contributed by atoms with Crippen molar-refractivity contribution >= 4 is 5.97 Å². The second-order valence-corrected chi connectivity index (χ2v) is 2.68. The highest BCUT2D eigenvalue weighted by Crippen LogP contribution is 2.08. The van der Waals surface area contributed by atoms with E-state index >= 15 is 0 Å². The van der Waals surface area contributed by atoms with E-state index in [2.05, 4.69) is 9.97 Å². The first kappa shape index (κ1) is 8.64. The Labute approximate surface area is 70.3 Å². The maximum Gasteiger partial charge on any atom is 0.313 e. The fourth-order valence-corrected chi connectivity index (χ4v) is 0.737. The van der Waals surface area contributed by atoms with Gasteiger partial charge in [-0.1, -0.05) is 0 Å². The molecule has 0 saturated heterocycles. The van der Waals surface area contributed by atoms with Crippen LogP contribution in [0.2, 0.25) is 0 Å². The normalized spacial score (nSPS) is 12.5. The number of nitrogens with zero attached hydrogens (tertiary/aromatic N) is 2. The third kappa shape index (κ3) is 1.78. The number of aryl methyl sites for hydroxylation is 1. The Kier molecular flexibility index (Phi) is 2.38. The van der Waals surface area contributed by atoms with Gasteiger partial charge in [-0.05, 0) is 19.4 Å². The third-order valence-electron chi connectivity index (χ3n) is 1.56. The molecule has 4 heteroatoms. The molecule has 0 aliphatic rings. The van der Waals surface area contributed by atoms with Crippen LogP contribution < -0.4 is 0 Å². The highest BCUT2D eigenvalue weighted by Gasteiger charge is 2.15. The van der Waals surface area contributed by atoms with Crippen LogP contribution in [0.15, 0.2) is 12.4 Å². The third-order valence-corrected chi connectivity index (χ3v) is 1.56. The van der Waals surface area contributed by atoms with Gasteiger partial charge in [-0.15, -0.1) is 0 Å². The first-order valence-electron chi connectivity index (χ1n) is 3.62. The minimum Gasteiger partial charge on any atom is -0.481 e. The molecular weight excluding hydrogens is 156 g/mol. The Balaban J connectivity index is 2.89. The number of carbonyl (C=O) groups is 1. The number of hydrogen-bond donors (Lipinski definition) is 1. The molecule has 1 aromatic rings. The standard InChI is InChI=1S/C8H10N2O2/c1-5-3-9-7(10-4-5)6(2)8(11)12/h3-4,6H,1-2H3,(H,11,12)/t6-/m1/s1. The van der Waals surface area contributed by atoms with Crippen molar-refractivity contribution < 1.29 is 9.90 Å². The number of hydrogen-bond acceptors (Lipinski definition) is 3. The number of rotatable bonds is 2. The van der Waals surface area contributed by atoms with Crippen LogP contribution in [-0.2, 0) is 4.79 Å². The summed E-state index contributed by atoms with van der Waals surface area (Å²) in [4.78, 5) is 18.3. The first-order chi connectivity index (χ1) is 5.61. The highest BCUT2D eigenvalue weighted by atomic mass is 16.4. The second-order valence-electron chi connectivity index (χ2n) is 2.68. The zero-order valence-electron chi connectivity index (χ0n) is 6.98. The zero-order valence-corrected chi connectivity index (χ0v) is 6.98. The van der Waals surface area contributed by atoms with E-state index in [9.17, 15) is 4.79 Å². The van der Waals surface area contributed by atoms with Gasteiger partial charge in [0.25, 0.3) is 0 Å². The van der Waals surface area contributed by atoms with Gasteiger partial charge in [-0.2, -0.15) is 0 Å². The molecule has 1 aromatic heterocycles. The van der Waals surface area contributed by atoms with Gasteiger partial charge < -0.3 is 5.11 Å². The molecular formula is C8H10N2O2. The maximum atomic E-state index is 10.5. The summed E-state index contributed by atoms with van der Waals surface area (Å²) in [5, 5.41) is 8.62. The molecule has 0 spiro atoms. The van der Waals surface area contributed by atoms with Crippen LogP contribution >= 0.6 is 0 Å². The number of carboxylic acids is 1. The molecule has 1 rings (SSSR count). The second kappa shape index (κ2) is 3.30. The smallest absolute Gasteiger partial charge is 0.313 e. The predicted octanol–water partition coefficient (Wildman–Crippen LogP) is 0.973. The van der Waals surface area contributed by atoms with Crippen LogP contribution in [0.3, 0.4) is 0 Å². The van der Waals surface area contributed by atoms with Gasteiger partial charge in [-0.25, -0.2) is 9.97 Å². The van der Waals surface area contributed by atoms with E-state index in [1.165, 1.54) is 0 Å². The minimum atomic E-state index is -0.904. The van der Waals surface area contributed by atoms with Crippen molar-refractivity contribution in [2.75, 3.05) is 0 Å². The Bertz CT molecular complexity index is 282. The number of aromatic nitrogens is 2. The predicted molar refractivity (Wildman–Crippen MR) is 42.8 cm³/mol. The van der Waals surface area contributed by atoms with Crippen molar-refractivity contribution in [3.8, 4) is 0 Å². The summed E-state index contributed by atoms with van der Waals surface area (Å²) < 4.78 is 0. The molecule has 0 bridgehead atoms. The molecule has 0 fully saturated rings. The van der Waals surface area contributed by atoms with Crippen molar-refractivity contribution in [3.63, 3.8) is 0 Å². The molecule has 0 aliphatic carbocycles. The van der Waals surface area contributed by atoms with E-state index in [4.69, 9.17) is 5.11 Å². The fourth-order valence-electron chi connectivity index (χ4n) is 0.737. The van der Waals surface area contributed by atoms with Gasteiger partial charge in [0.2, 0.25) is 0 Å². The van der Waals surface area contributed by atoms with Crippen LogP contribution in [0.4, 0.5) is 0 Å². The Morgan fingerprint density at radius 1 is 1.50 bits per heavy atom. The lowest BCUT2D eigenvalue weighted by Crippen LogP contribution is -2.10. The average molecular weight is 166 g/mol. The molecule has 0 unspecified atom stereocenters. The van der Waals surface area contributed by atoms with Gasteiger partial charge in [0.1, 0.15) is 11.7 Å². The molecule has 0 radical (unpaired) electrons. The van der Waals surface area contributed by atoms with E-state index < -0.39 is 11.9 Å². The summed E-state index contributed by atoms with van der Waals surface area (Å²) in [7, 11) is 0. The van der Waals surface area contributed by atoms with E-state index in [0.29, 0.717) is 5.82 Å². The SMILES string of the molecule is Cc1cnc([C@@H](C)C(=O)O)nc1. The molecule has 0 aromatic carbocycles. The Morgan fingerprint density at radius 3 is 2.42 bits per heavy atom. The number of carboxylic acid groups (broad SMARTS) is 1. The largest absolute Gasteiger partial charge is 0.481 e.